The lowest BCUT2D eigenvalue weighted by atomic mass is 9.90. The fourth-order valence-corrected chi connectivity index (χ4v) is 4.42. The highest BCUT2D eigenvalue weighted by molar-refractivity contribution is 5.78. The van der Waals surface area contributed by atoms with Gasteiger partial charge in [0.15, 0.2) is 0 Å². The second-order valence-corrected chi connectivity index (χ2v) is 10.3. The van der Waals surface area contributed by atoms with E-state index in [-0.39, 0.29) is 22.9 Å². The van der Waals surface area contributed by atoms with Crippen LogP contribution < -0.4 is 0 Å². The molecule has 2 saturated heterocycles. The van der Waals surface area contributed by atoms with Gasteiger partial charge in [0.2, 0.25) is 5.91 Å². The maximum absolute atomic E-state index is 12.4. The van der Waals surface area contributed by atoms with Crippen molar-refractivity contribution >= 4 is 5.91 Å². The SMILES string of the molecule is CN(C)C(=O)C1CCCN(C(C)(C)CCOC2CCN(C(C)(C)C)CC2)C1. The molecule has 1 atom stereocenters. The number of likely N-dealkylation sites (tertiary alicyclic amines) is 2. The highest BCUT2D eigenvalue weighted by Crippen LogP contribution is 2.28. The molecule has 1 unspecified atom stereocenters. The normalized spacial score (nSPS) is 24.2. The molecular formula is C22H43N3O2. The molecular weight excluding hydrogens is 338 g/mol. The van der Waals surface area contributed by atoms with E-state index in [1.165, 1.54) is 0 Å². The number of carbonyl (C=O) groups is 1. The van der Waals surface area contributed by atoms with E-state index in [1.807, 2.05) is 14.1 Å². The average Bonchev–Trinajstić information content (AvgIpc) is 2.60. The van der Waals surface area contributed by atoms with Crippen LogP contribution in [0, 0.1) is 5.92 Å². The second kappa shape index (κ2) is 9.23. The predicted octanol–water partition coefficient (Wildman–Crippen LogP) is 3.23. The lowest BCUT2D eigenvalue weighted by molar-refractivity contribution is -0.135. The number of piperidine rings is 2. The molecule has 0 aromatic rings. The minimum absolute atomic E-state index is 0.0807. The Balaban J connectivity index is 1.75. The molecule has 0 aromatic carbocycles. The van der Waals surface area contributed by atoms with Gasteiger partial charge >= 0.3 is 0 Å². The number of nitrogens with zero attached hydrogens (tertiary/aromatic N) is 3. The van der Waals surface area contributed by atoms with Crippen molar-refractivity contribution in [2.45, 2.75) is 83.9 Å². The molecule has 2 aliphatic rings. The summed E-state index contributed by atoms with van der Waals surface area (Å²) in [5, 5.41) is 0. The Hall–Kier alpha value is -0.650. The zero-order valence-electron chi connectivity index (χ0n) is 18.9. The fourth-order valence-electron chi connectivity index (χ4n) is 4.42. The first-order chi connectivity index (χ1) is 12.5. The van der Waals surface area contributed by atoms with Crippen molar-refractivity contribution in [3.8, 4) is 0 Å². The molecule has 2 rings (SSSR count). The highest BCUT2D eigenvalue weighted by atomic mass is 16.5. The van der Waals surface area contributed by atoms with Gasteiger partial charge in [0.1, 0.15) is 0 Å². The van der Waals surface area contributed by atoms with Crippen LogP contribution in [0.5, 0.6) is 0 Å². The van der Waals surface area contributed by atoms with Crippen LogP contribution in [0.25, 0.3) is 0 Å². The quantitative estimate of drug-likeness (QED) is 0.708. The molecule has 0 saturated carbocycles. The first-order valence-corrected chi connectivity index (χ1v) is 10.8. The molecule has 5 nitrogen and oxygen atoms in total. The van der Waals surface area contributed by atoms with E-state index in [9.17, 15) is 4.79 Å². The van der Waals surface area contributed by atoms with Crippen molar-refractivity contribution in [3.05, 3.63) is 0 Å². The van der Waals surface area contributed by atoms with Crippen LogP contribution in [0.4, 0.5) is 0 Å². The van der Waals surface area contributed by atoms with Crippen LogP contribution in [0.3, 0.4) is 0 Å². The zero-order chi connectivity index (χ0) is 20.2. The van der Waals surface area contributed by atoms with Crippen LogP contribution in [-0.2, 0) is 9.53 Å². The monoisotopic (exact) mass is 381 g/mol. The standard InChI is InChI=1S/C22H43N3O2/c1-21(2,3)24-14-10-19(11-15-24)27-16-12-22(4,5)25-13-8-9-18(17-25)20(26)23(6)7/h18-19H,8-17H2,1-7H3. The molecule has 2 fully saturated rings. The summed E-state index contributed by atoms with van der Waals surface area (Å²) in [6.45, 7) is 16.6. The summed E-state index contributed by atoms with van der Waals surface area (Å²) in [4.78, 5) is 19.2. The van der Waals surface area contributed by atoms with Gasteiger partial charge in [-0.25, -0.2) is 0 Å². The van der Waals surface area contributed by atoms with E-state index in [0.717, 1.165) is 64.9 Å². The summed E-state index contributed by atoms with van der Waals surface area (Å²) < 4.78 is 6.25. The third kappa shape index (κ3) is 6.43. The number of rotatable bonds is 6. The third-order valence-electron chi connectivity index (χ3n) is 6.53. The number of carbonyl (C=O) groups excluding carboxylic acids is 1. The van der Waals surface area contributed by atoms with Gasteiger partial charge in [-0.2, -0.15) is 0 Å². The zero-order valence-corrected chi connectivity index (χ0v) is 18.9. The number of ether oxygens (including phenoxy) is 1. The summed E-state index contributed by atoms with van der Waals surface area (Å²) in [7, 11) is 3.73. The van der Waals surface area contributed by atoms with Gasteiger partial charge < -0.3 is 9.64 Å². The summed E-state index contributed by atoms with van der Waals surface area (Å²) in [5.41, 5.74) is 0.346. The van der Waals surface area contributed by atoms with Crippen molar-refractivity contribution in [2.24, 2.45) is 5.92 Å². The van der Waals surface area contributed by atoms with Gasteiger partial charge in [-0.15, -0.1) is 0 Å². The van der Waals surface area contributed by atoms with Crippen molar-refractivity contribution in [3.63, 3.8) is 0 Å². The Labute approximate surface area is 167 Å². The fraction of sp³-hybridized carbons (Fsp3) is 0.955. The van der Waals surface area contributed by atoms with Gasteiger partial charge in [-0.1, -0.05) is 0 Å². The van der Waals surface area contributed by atoms with Crippen molar-refractivity contribution < 1.29 is 9.53 Å². The molecule has 2 heterocycles. The van der Waals surface area contributed by atoms with Crippen molar-refractivity contribution in [1.29, 1.82) is 0 Å². The largest absolute Gasteiger partial charge is 0.378 e. The van der Waals surface area contributed by atoms with Crippen molar-refractivity contribution in [1.82, 2.24) is 14.7 Å². The van der Waals surface area contributed by atoms with Crippen LogP contribution in [0.2, 0.25) is 0 Å². The molecule has 2 aliphatic heterocycles. The smallest absolute Gasteiger partial charge is 0.226 e. The van der Waals surface area contributed by atoms with Crippen LogP contribution in [0.15, 0.2) is 0 Å². The molecule has 0 bridgehead atoms. The van der Waals surface area contributed by atoms with Crippen molar-refractivity contribution in [2.75, 3.05) is 46.9 Å². The molecule has 0 aliphatic carbocycles. The summed E-state index contributed by atoms with van der Waals surface area (Å²) in [5.74, 6) is 0.424. The maximum Gasteiger partial charge on any atom is 0.226 e. The van der Waals surface area contributed by atoms with Gasteiger partial charge in [-0.3, -0.25) is 14.6 Å². The Bertz CT molecular complexity index is 476. The summed E-state index contributed by atoms with van der Waals surface area (Å²) in [6.07, 6.45) is 5.84. The van der Waals surface area contributed by atoms with Gasteiger partial charge in [-0.05, 0) is 73.3 Å². The van der Waals surface area contributed by atoms with E-state index < -0.39 is 0 Å². The Morgan fingerprint density at radius 1 is 1.00 bits per heavy atom. The number of hydrogen-bond acceptors (Lipinski definition) is 4. The van der Waals surface area contributed by atoms with E-state index in [0.29, 0.717) is 6.10 Å². The minimum Gasteiger partial charge on any atom is -0.378 e. The van der Waals surface area contributed by atoms with E-state index in [1.54, 1.807) is 4.90 Å². The summed E-state index contributed by atoms with van der Waals surface area (Å²) in [6, 6.07) is 0. The topological polar surface area (TPSA) is 36.0 Å². The lowest BCUT2D eigenvalue weighted by Gasteiger charge is -2.44. The number of amides is 1. The maximum atomic E-state index is 12.4. The summed E-state index contributed by atoms with van der Waals surface area (Å²) >= 11 is 0. The Morgan fingerprint density at radius 3 is 2.19 bits per heavy atom. The molecule has 158 valence electrons. The molecule has 0 aromatic heterocycles. The van der Waals surface area contributed by atoms with E-state index in [4.69, 9.17) is 4.74 Å². The first kappa shape index (κ1) is 22.6. The van der Waals surface area contributed by atoms with Gasteiger partial charge in [0, 0.05) is 51.4 Å². The van der Waals surface area contributed by atoms with E-state index >= 15 is 0 Å². The van der Waals surface area contributed by atoms with Gasteiger partial charge in [0.05, 0.1) is 12.0 Å². The van der Waals surface area contributed by atoms with E-state index in [2.05, 4.69) is 44.4 Å². The lowest BCUT2D eigenvalue weighted by Crippen LogP contribution is -2.52. The molecule has 27 heavy (non-hydrogen) atoms. The Morgan fingerprint density at radius 2 is 1.63 bits per heavy atom. The number of hydrogen-bond donors (Lipinski definition) is 0. The highest BCUT2D eigenvalue weighted by Gasteiger charge is 2.34. The van der Waals surface area contributed by atoms with Gasteiger partial charge in [0.25, 0.3) is 0 Å². The van der Waals surface area contributed by atoms with Crippen LogP contribution in [-0.4, -0.2) is 84.7 Å². The average molecular weight is 382 g/mol. The van der Waals surface area contributed by atoms with Crippen LogP contribution >= 0.6 is 0 Å². The first-order valence-electron chi connectivity index (χ1n) is 10.8. The molecule has 0 radical (unpaired) electrons. The molecule has 5 heteroatoms. The molecule has 0 spiro atoms. The van der Waals surface area contributed by atoms with Crippen LogP contribution in [0.1, 0.15) is 66.7 Å². The predicted molar refractivity (Wildman–Crippen MR) is 112 cm³/mol. The molecule has 1 amide bonds. The Kier molecular flexibility index (Phi) is 7.74. The molecule has 0 N–H and O–H groups in total. The third-order valence-corrected chi connectivity index (χ3v) is 6.53. The minimum atomic E-state index is 0.0807. The second-order valence-electron chi connectivity index (χ2n) is 10.3.